The molecule has 0 amide bonds. The van der Waals surface area contributed by atoms with Gasteiger partial charge in [-0.2, -0.15) is 13.2 Å². The van der Waals surface area contributed by atoms with Gasteiger partial charge in [-0.1, -0.05) is 34.8 Å². The number of aromatic hydroxyl groups is 1. The molecule has 1 aliphatic heterocycles. The lowest BCUT2D eigenvalue weighted by atomic mass is 9.86. The van der Waals surface area contributed by atoms with Gasteiger partial charge < -0.3 is 21.3 Å². The molecule has 0 bridgehead atoms. The first-order valence-electron chi connectivity index (χ1n) is 7.09. The second-order valence-electron chi connectivity index (χ2n) is 5.34. The minimum Gasteiger partial charge on any atom is -0.507 e. The quantitative estimate of drug-likeness (QED) is 0.540. The molecule has 11 heteroatoms. The SMILES string of the molecule is NC(c1c(O)cc(Cl)c(Cl)c1Cl)C1CCNCC1.O=C(O)C(F)(F)F. The summed E-state index contributed by atoms with van der Waals surface area (Å²) in [5.41, 5.74) is 6.71. The Morgan fingerprint density at radius 1 is 1.24 bits per heavy atom. The number of alkyl halides is 3. The molecule has 0 saturated carbocycles. The monoisotopic (exact) mass is 422 g/mol. The molecule has 1 saturated heterocycles. The van der Waals surface area contributed by atoms with Gasteiger partial charge in [0.25, 0.3) is 0 Å². The van der Waals surface area contributed by atoms with E-state index in [-0.39, 0.29) is 32.8 Å². The molecule has 1 unspecified atom stereocenters. The van der Waals surface area contributed by atoms with Crippen molar-refractivity contribution in [2.75, 3.05) is 13.1 Å². The van der Waals surface area contributed by atoms with E-state index in [0.29, 0.717) is 5.56 Å². The van der Waals surface area contributed by atoms with Crippen LogP contribution in [0.2, 0.25) is 15.1 Å². The highest BCUT2D eigenvalue weighted by Crippen LogP contribution is 2.43. The van der Waals surface area contributed by atoms with Crippen LogP contribution in [0.25, 0.3) is 0 Å². The number of benzene rings is 1. The van der Waals surface area contributed by atoms with E-state index in [0.717, 1.165) is 25.9 Å². The van der Waals surface area contributed by atoms with Gasteiger partial charge in [0, 0.05) is 17.7 Å². The van der Waals surface area contributed by atoms with Gasteiger partial charge in [0.1, 0.15) is 5.75 Å². The summed E-state index contributed by atoms with van der Waals surface area (Å²) in [6.45, 7) is 1.86. The zero-order valence-electron chi connectivity index (χ0n) is 12.7. The van der Waals surface area contributed by atoms with Gasteiger partial charge in [-0.15, -0.1) is 0 Å². The zero-order valence-corrected chi connectivity index (χ0v) is 15.0. The van der Waals surface area contributed by atoms with E-state index in [1.54, 1.807) is 0 Å². The molecule has 0 radical (unpaired) electrons. The number of aliphatic carboxylic acids is 1. The molecule has 1 atom stereocenters. The molecule has 5 N–H and O–H groups in total. The lowest BCUT2D eigenvalue weighted by molar-refractivity contribution is -0.192. The number of carboxylic acids is 1. The van der Waals surface area contributed by atoms with Crippen LogP contribution in [-0.4, -0.2) is 35.4 Å². The summed E-state index contributed by atoms with van der Waals surface area (Å²) in [6, 6.07) is 1.07. The number of hydrogen-bond donors (Lipinski definition) is 4. The number of piperidine rings is 1. The van der Waals surface area contributed by atoms with E-state index in [2.05, 4.69) is 5.32 Å². The summed E-state index contributed by atoms with van der Waals surface area (Å²) in [7, 11) is 0. The highest BCUT2D eigenvalue weighted by atomic mass is 35.5. The topological polar surface area (TPSA) is 95.6 Å². The van der Waals surface area contributed by atoms with Crippen LogP contribution in [0, 0.1) is 5.92 Å². The molecule has 1 aromatic carbocycles. The van der Waals surface area contributed by atoms with Gasteiger partial charge in [-0.3, -0.25) is 0 Å². The van der Waals surface area contributed by atoms with Crippen LogP contribution in [0.4, 0.5) is 13.2 Å². The number of carboxylic acid groups (broad SMARTS) is 1. The van der Waals surface area contributed by atoms with Gasteiger partial charge in [-0.05, 0) is 31.8 Å². The molecular weight excluding hydrogens is 408 g/mol. The fraction of sp³-hybridized carbons (Fsp3) is 0.500. The van der Waals surface area contributed by atoms with Crippen LogP contribution in [-0.2, 0) is 4.79 Å². The van der Waals surface area contributed by atoms with Crippen LogP contribution >= 0.6 is 34.8 Å². The van der Waals surface area contributed by atoms with E-state index in [9.17, 15) is 18.3 Å². The Bertz CT molecular complexity index is 624. The van der Waals surface area contributed by atoms with Crippen molar-refractivity contribution < 1.29 is 28.2 Å². The Balaban J connectivity index is 0.000000381. The summed E-state index contributed by atoms with van der Waals surface area (Å²) < 4.78 is 31.7. The zero-order chi connectivity index (χ0) is 19.4. The van der Waals surface area contributed by atoms with Crippen molar-refractivity contribution in [3.8, 4) is 5.75 Å². The number of phenolic OH excluding ortho intramolecular Hbond substituents is 1. The lowest BCUT2D eigenvalue weighted by Gasteiger charge is -2.29. The molecule has 25 heavy (non-hydrogen) atoms. The van der Waals surface area contributed by atoms with E-state index in [1.807, 2.05) is 0 Å². The number of nitrogens with two attached hydrogens (primary N) is 1. The molecular formula is C14H16Cl3F3N2O3. The van der Waals surface area contributed by atoms with Crippen molar-refractivity contribution in [2.24, 2.45) is 11.7 Å². The highest BCUT2D eigenvalue weighted by Gasteiger charge is 2.38. The van der Waals surface area contributed by atoms with Crippen molar-refractivity contribution in [1.29, 1.82) is 0 Å². The molecule has 0 aromatic heterocycles. The van der Waals surface area contributed by atoms with E-state index in [4.69, 9.17) is 50.4 Å². The summed E-state index contributed by atoms with van der Waals surface area (Å²) in [6.07, 6.45) is -3.17. The number of phenols is 1. The Kier molecular flexibility index (Phi) is 8.08. The van der Waals surface area contributed by atoms with Gasteiger partial charge >= 0.3 is 12.1 Å². The maximum atomic E-state index is 10.6. The highest BCUT2D eigenvalue weighted by molar-refractivity contribution is 6.48. The van der Waals surface area contributed by atoms with Gasteiger partial charge in [0.05, 0.1) is 15.1 Å². The molecule has 1 heterocycles. The molecule has 0 spiro atoms. The third kappa shape index (κ3) is 6.07. The Labute approximate surface area is 156 Å². The molecule has 2 rings (SSSR count). The predicted molar refractivity (Wildman–Crippen MR) is 89.3 cm³/mol. The predicted octanol–water partition coefficient (Wildman–Crippen LogP) is 3.99. The molecule has 1 aliphatic rings. The first-order chi connectivity index (χ1) is 11.5. The number of halogens is 6. The second-order valence-corrected chi connectivity index (χ2v) is 6.50. The minimum absolute atomic E-state index is 0.0143. The van der Waals surface area contributed by atoms with Crippen LogP contribution in [0.15, 0.2) is 6.07 Å². The van der Waals surface area contributed by atoms with E-state index in [1.165, 1.54) is 6.07 Å². The summed E-state index contributed by atoms with van der Waals surface area (Å²) >= 11 is 18.0. The van der Waals surface area contributed by atoms with Crippen molar-refractivity contribution in [3.63, 3.8) is 0 Å². The molecule has 1 fully saturated rings. The maximum Gasteiger partial charge on any atom is 0.490 e. The van der Waals surface area contributed by atoms with Crippen LogP contribution in [0.1, 0.15) is 24.4 Å². The summed E-state index contributed by atoms with van der Waals surface area (Å²) in [4.78, 5) is 8.90. The normalized spacial score (nSPS) is 16.8. The van der Waals surface area contributed by atoms with Crippen molar-refractivity contribution in [3.05, 3.63) is 26.7 Å². The Hall–Kier alpha value is -0.930. The number of rotatable bonds is 2. The van der Waals surface area contributed by atoms with E-state index >= 15 is 0 Å². The maximum absolute atomic E-state index is 10.6. The average Bonchev–Trinajstić information content (AvgIpc) is 2.53. The summed E-state index contributed by atoms with van der Waals surface area (Å²) in [5, 5.41) is 21.1. The molecule has 1 aromatic rings. The first kappa shape index (κ1) is 22.1. The third-order valence-corrected chi connectivity index (χ3v) is 4.92. The first-order valence-corrected chi connectivity index (χ1v) is 8.23. The van der Waals surface area contributed by atoms with Gasteiger partial charge in [0.2, 0.25) is 0 Å². The molecule has 0 aliphatic carbocycles. The second kappa shape index (κ2) is 9.14. The molecule has 142 valence electrons. The largest absolute Gasteiger partial charge is 0.507 e. The number of carbonyl (C=O) groups is 1. The average molecular weight is 424 g/mol. The third-order valence-electron chi connectivity index (χ3n) is 3.65. The Morgan fingerprint density at radius 3 is 2.16 bits per heavy atom. The van der Waals surface area contributed by atoms with Crippen LogP contribution in [0.5, 0.6) is 5.75 Å². The summed E-state index contributed by atoms with van der Waals surface area (Å²) in [5.74, 6) is -2.46. The van der Waals surface area contributed by atoms with Crippen molar-refractivity contribution in [1.82, 2.24) is 5.32 Å². The fourth-order valence-electron chi connectivity index (χ4n) is 2.35. The number of hydrogen-bond acceptors (Lipinski definition) is 4. The standard InChI is InChI=1S/C12H15Cl3N2O.C2HF3O2/c13-7-5-8(18)9(11(15)10(7)14)12(16)6-1-3-17-4-2-6;3-2(4,5)1(6)7/h5-6,12,17-18H,1-4,16H2;(H,6,7). The lowest BCUT2D eigenvalue weighted by Crippen LogP contribution is -2.34. The van der Waals surface area contributed by atoms with Gasteiger partial charge in [0.15, 0.2) is 0 Å². The van der Waals surface area contributed by atoms with E-state index < -0.39 is 12.1 Å². The van der Waals surface area contributed by atoms with Crippen molar-refractivity contribution in [2.45, 2.75) is 25.1 Å². The smallest absolute Gasteiger partial charge is 0.490 e. The fourth-order valence-corrected chi connectivity index (χ4v) is 3.08. The van der Waals surface area contributed by atoms with Crippen molar-refractivity contribution >= 4 is 40.8 Å². The van der Waals surface area contributed by atoms with Crippen LogP contribution < -0.4 is 11.1 Å². The number of nitrogens with one attached hydrogen (secondary N) is 1. The van der Waals surface area contributed by atoms with Crippen LogP contribution in [0.3, 0.4) is 0 Å². The Morgan fingerprint density at radius 2 is 1.72 bits per heavy atom. The minimum atomic E-state index is -5.08. The van der Waals surface area contributed by atoms with Gasteiger partial charge in [-0.25, -0.2) is 4.79 Å². The molecule has 5 nitrogen and oxygen atoms in total.